The fourth-order valence-corrected chi connectivity index (χ4v) is 1.96. The summed E-state index contributed by atoms with van der Waals surface area (Å²) in [4.78, 5) is 6.99. The Hall–Kier alpha value is -1.13. The van der Waals surface area contributed by atoms with E-state index >= 15 is 0 Å². The van der Waals surface area contributed by atoms with Gasteiger partial charge in [0.15, 0.2) is 0 Å². The van der Waals surface area contributed by atoms with Gasteiger partial charge in [-0.25, -0.2) is 4.98 Å². The lowest BCUT2D eigenvalue weighted by atomic mass is 10.1. The fraction of sp³-hybridized carbons (Fsp3) is 0.615. The van der Waals surface area contributed by atoms with Gasteiger partial charge in [0.05, 0.1) is 13.2 Å². The Kier molecular flexibility index (Phi) is 3.97. The number of hydrogen-bond acceptors (Lipinski definition) is 4. The minimum atomic E-state index is 0.432. The number of aromatic nitrogens is 1. The molecule has 0 radical (unpaired) electrons. The quantitative estimate of drug-likeness (QED) is 0.862. The summed E-state index contributed by atoms with van der Waals surface area (Å²) in [5.74, 6) is 1.47. The Morgan fingerprint density at radius 1 is 1.35 bits per heavy atom. The molecule has 1 aliphatic rings. The van der Waals surface area contributed by atoms with Crippen LogP contribution in [-0.4, -0.2) is 31.3 Å². The second-order valence-electron chi connectivity index (χ2n) is 4.72. The van der Waals surface area contributed by atoms with Gasteiger partial charge in [-0.2, -0.15) is 0 Å². The van der Waals surface area contributed by atoms with Crippen LogP contribution in [-0.2, 0) is 11.3 Å². The van der Waals surface area contributed by atoms with Crippen LogP contribution in [0.2, 0.25) is 0 Å². The zero-order chi connectivity index (χ0) is 12.3. The third-order valence-corrected chi connectivity index (χ3v) is 3.05. The molecular formula is C13H21N3O. The predicted molar refractivity (Wildman–Crippen MR) is 69.2 cm³/mol. The molecule has 1 fully saturated rings. The minimum absolute atomic E-state index is 0.432. The van der Waals surface area contributed by atoms with E-state index in [0.717, 1.165) is 43.4 Å². The van der Waals surface area contributed by atoms with Gasteiger partial charge in [-0.3, -0.25) is 0 Å². The summed E-state index contributed by atoms with van der Waals surface area (Å²) in [6, 6.07) is 4.20. The summed E-state index contributed by atoms with van der Waals surface area (Å²) in [6.07, 6.45) is 0. The molecule has 1 saturated heterocycles. The molecule has 2 rings (SSSR count). The van der Waals surface area contributed by atoms with Crippen LogP contribution in [0.5, 0.6) is 0 Å². The van der Waals surface area contributed by atoms with E-state index in [2.05, 4.69) is 30.9 Å². The van der Waals surface area contributed by atoms with Crippen molar-refractivity contribution in [1.82, 2.24) is 4.98 Å². The van der Waals surface area contributed by atoms with E-state index in [1.165, 1.54) is 0 Å². The maximum atomic E-state index is 5.75. The standard InChI is InChI=1S/C13H21N3O/c1-10(2)12-7-11(9-14)8-13(15-12)16-3-5-17-6-4-16/h7-8,10H,3-6,9,14H2,1-2H3. The van der Waals surface area contributed by atoms with Gasteiger partial charge in [0.1, 0.15) is 5.82 Å². The molecule has 0 spiro atoms. The first-order chi connectivity index (χ1) is 8.20. The molecule has 0 bridgehead atoms. The Balaban J connectivity index is 2.28. The van der Waals surface area contributed by atoms with Crippen LogP contribution in [0.4, 0.5) is 5.82 Å². The first-order valence-corrected chi connectivity index (χ1v) is 6.24. The van der Waals surface area contributed by atoms with Crippen molar-refractivity contribution >= 4 is 5.82 Å². The molecule has 4 heteroatoms. The van der Waals surface area contributed by atoms with Gasteiger partial charge in [0.25, 0.3) is 0 Å². The molecule has 1 aliphatic heterocycles. The van der Waals surface area contributed by atoms with Gasteiger partial charge in [-0.05, 0) is 23.6 Å². The van der Waals surface area contributed by atoms with Crippen molar-refractivity contribution in [3.63, 3.8) is 0 Å². The molecule has 0 saturated carbocycles. The third-order valence-electron chi connectivity index (χ3n) is 3.05. The lowest BCUT2D eigenvalue weighted by molar-refractivity contribution is 0.122. The van der Waals surface area contributed by atoms with Crippen LogP contribution < -0.4 is 10.6 Å². The van der Waals surface area contributed by atoms with Gasteiger partial charge in [0.2, 0.25) is 0 Å². The maximum Gasteiger partial charge on any atom is 0.129 e. The average molecular weight is 235 g/mol. The average Bonchev–Trinajstić information content (AvgIpc) is 2.39. The Bertz CT molecular complexity index is 373. The molecule has 0 amide bonds. The van der Waals surface area contributed by atoms with Gasteiger partial charge >= 0.3 is 0 Å². The zero-order valence-electron chi connectivity index (χ0n) is 10.6. The second kappa shape index (κ2) is 5.47. The van der Waals surface area contributed by atoms with Crippen LogP contribution in [0.3, 0.4) is 0 Å². The van der Waals surface area contributed by atoms with Crippen molar-refractivity contribution in [2.45, 2.75) is 26.3 Å². The molecular weight excluding hydrogens is 214 g/mol. The lowest BCUT2D eigenvalue weighted by Crippen LogP contribution is -2.37. The van der Waals surface area contributed by atoms with Crippen molar-refractivity contribution in [1.29, 1.82) is 0 Å². The zero-order valence-corrected chi connectivity index (χ0v) is 10.6. The van der Waals surface area contributed by atoms with Crippen molar-refractivity contribution in [2.75, 3.05) is 31.2 Å². The van der Waals surface area contributed by atoms with Crippen molar-refractivity contribution < 1.29 is 4.74 Å². The summed E-state index contributed by atoms with van der Waals surface area (Å²) < 4.78 is 5.36. The van der Waals surface area contributed by atoms with E-state index in [1.807, 2.05) is 0 Å². The van der Waals surface area contributed by atoms with Gasteiger partial charge in [-0.15, -0.1) is 0 Å². The number of hydrogen-bond donors (Lipinski definition) is 1. The number of ether oxygens (including phenoxy) is 1. The van der Waals surface area contributed by atoms with Gasteiger partial charge < -0.3 is 15.4 Å². The number of morpholine rings is 1. The SMILES string of the molecule is CC(C)c1cc(CN)cc(N2CCOCC2)n1. The van der Waals surface area contributed by atoms with E-state index in [1.54, 1.807) is 0 Å². The molecule has 94 valence electrons. The summed E-state index contributed by atoms with van der Waals surface area (Å²) >= 11 is 0. The summed E-state index contributed by atoms with van der Waals surface area (Å²) in [7, 11) is 0. The van der Waals surface area contributed by atoms with E-state index in [4.69, 9.17) is 15.5 Å². The van der Waals surface area contributed by atoms with E-state index < -0.39 is 0 Å². The highest BCUT2D eigenvalue weighted by Gasteiger charge is 2.14. The minimum Gasteiger partial charge on any atom is -0.378 e. The van der Waals surface area contributed by atoms with Crippen molar-refractivity contribution in [3.05, 3.63) is 23.4 Å². The van der Waals surface area contributed by atoms with Crippen molar-refractivity contribution in [2.24, 2.45) is 5.73 Å². The Morgan fingerprint density at radius 2 is 2.06 bits per heavy atom. The highest BCUT2D eigenvalue weighted by molar-refractivity contribution is 5.43. The monoisotopic (exact) mass is 235 g/mol. The molecule has 0 atom stereocenters. The van der Waals surface area contributed by atoms with E-state index in [-0.39, 0.29) is 0 Å². The van der Waals surface area contributed by atoms with Crippen molar-refractivity contribution in [3.8, 4) is 0 Å². The Morgan fingerprint density at radius 3 is 2.65 bits per heavy atom. The van der Waals surface area contributed by atoms with E-state index in [9.17, 15) is 0 Å². The second-order valence-corrected chi connectivity index (χ2v) is 4.72. The fourth-order valence-electron chi connectivity index (χ4n) is 1.96. The highest BCUT2D eigenvalue weighted by Crippen LogP contribution is 2.20. The van der Waals surface area contributed by atoms with Gasteiger partial charge in [-0.1, -0.05) is 13.8 Å². The number of anilines is 1. The van der Waals surface area contributed by atoms with Crippen LogP contribution in [0, 0.1) is 0 Å². The molecule has 0 aliphatic carbocycles. The Labute approximate surface area is 103 Å². The number of rotatable bonds is 3. The normalized spacial score (nSPS) is 16.6. The molecule has 4 nitrogen and oxygen atoms in total. The molecule has 0 unspecified atom stereocenters. The molecule has 0 aromatic carbocycles. The molecule has 2 heterocycles. The van der Waals surface area contributed by atoms with E-state index in [0.29, 0.717) is 12.5 Å². The largest absolute Gasteiger partial charge is 0.378 e. The third kappa shape index (κ3) is 2.96. The van der Waals surface area contributed by atoms with Crippen LogP contribution in [0.15, 0.2) is 12.1 Å². The van der Waals surface area contributed by atoms with Crippen LogP contribution >= 0.6 is 0 Å². The maximum absolute atomic E-state index is 5.75. The summed E-state index contributed by atoms with van der Waals surface area (Å²) in [5.41, 5.74) is 8.02. The predicted octanol–water partition coefficient (Wildman–Crippen LogP) is 1.50. The molecule has 1 aromatic heterocycles. The van der Waals surface area contributed by atoms with Crippen LogP contribution in [0.25, 0.3) is 0 Å². The lowest BCUT2D eigenvalue weighted by Gasteiger charge is -2.28. The first kappa shape index (κ1) is 12.3. The number of nitrogens with two attached hydrogens (primary N) is 1. The topological polar surface area (TPSA) is 51.4 Å². The summed E-state index contributed by atoms with van der Waals surface area (Å²) in [6.45, 7) is 8.28. The number of nitrogens with zero attached hydrogens (tertiary/aromatic N) is 2. The molecule has 17 heavy (non-hydrogen) atoms. The summed E-state index contributed by atoms with van der Waals surface area (Å²) in [5, 5.41) is 0. The highest BCUT2D eigenvalue weighted by atomic mass is 16.5. The number of pyridine rings is 1. The molecule has 1 aromatic rings. The first-order valence-electron chi connectivity index (χ1n) is 6.24. The molecule has 2 N–H and O–H groups in total. The smallest absolute Gasteiger partial charge is 0.129 e. The van der Waals surface area contributed by atoms with Gasteiger partial charge in [0, 0.05) is 25.3 Å². The van der Waals surface area contributed by atoms with Crippen LogP contribution in [0.1, 0.15) is 31.0 Å².